The molecule has 2 aromatic heterocycles. The number of nitrogens with one attached hydrogen (secondary N) is 1. The molecule has 1 saturated carbocycles. The number of H-pyrrole nitrogens is 1. The topological polar surface area (TPSA) is 87.4 Å². The van der Waals surface area contributed by atoms with Gasteiger partial charge in [0.05, 0.1) is 12.3 Å². The molecule has 0 radical (unpaired) electrons. The molecule has 2 heterocycles. The zero-order valence-corrected chi connectivity index (χ0v) is 11.6. The molecule has 0 aromatic carbocycles. The summed E-state index contributed by atoms with van der Waals surface area (Å²) in [5.41, 5.74) is 1.01. The van der Waals surface area contributed by atoms with Crippen LogP contribution in [0.25, 0.3) is 11.2 Å². The first kappa shape index (κ1) is 13.1. The van der Waals surface area contributed by atoms with E-state index in [0.29, 0.717) is 23.5 Å². The fourth-order valence-corrected chi connectivity index (χ4v) is 3.10. The van der Waals surface area contributed by atoms with Gasteiger partial charge in [0.2, 0.25) is 5.28 Å². The molecule has 0 atom stereocenters. The third-order valence-corrected chi connectivity index (χ3v) is 4.17. The zero-order valence-electron chi connectivity index (χ0n) is 10.8. The molecule has 1 N–H and O–H groups in total. The van der Waals surface area contributed by atoms with Gasteiger partial charge in [0.15, 0.2) is 5.65 Å². The second-order valence-corrected chi connectivity index (χ2v) is 5.55. The van der Waals surface area contributed by atoms with Gasteiger partial charge in [-0.3, -0.25) is 4.57 Å². The minimum atomic E-state index is -0.166. The second-order valence-electron chi connectivity index (χ2n) is 5.21. The Morgan fingerprint density at radius 3 is 2.90 bits per heavy atom. The van der Waals surface area contributed by atoms with Crippen molar-refractivity contribution in [1.82, 2.24) is 19.5 Å². The van der Waals surface area contributed by atoms with Crippen LogP contribution in [0.2, 0.25) is 5.28 Å². The molecule has 0 aliphatic heterocycles. The van der Waals surface area contributed by atoms with Crippen molar-refractivity contribution in [3.8, 4) is 6.07 Å². The van der Waals surface area contributed by atoms with Crippen LogP contribution in [0.4, 0.5) is 0 Å². The third kappa shape index (κ3) is 2.29. The van der Waals surface area contributed by atoms with Gasteiger partial charge in [-0.2, -0.15) is 10.2 Å². The van der Waals surface area contributed by atoms with Crippen LogP contribution >= 0.6 is 11.6 Å². The third-order valence-electron chi connectivity index (χ3n) is 3.99. The fourth-order valence-electron chi connectivity index (χ4n) is 2.97. The van der Waals surface area contributed by atoms with Crippen molar-refractivity contribution >= 4 is 22.8 Å². The number of nitrogens with zero attached hydrogens (tertiary/aromatic N) is 4. The maximum Gasteiger partial charge on any atom is 0.327 e. The summed E-state index contributed by atoms with van der Waals surface area (Å²) in [4.78, 5) is 22.9. The highest BCUT2D eigenvalue weighted by atomic mass is 35.5. The number of hydrogen-bond acceptors (Lipinski definition) is 4. The zero-order chi connectivity index (χ0) is 14.1. The Labute approximate surface area is 120 Å². The van der Waals surface area contributed by atoms with Gasteiger partial charge in [-0.1, -0.05) is 0 Å². The van der Waals surface area contributed by atoms with Crippen molar-refractivity contribution in [2.45, 2.75) is 38.1 Å². The summed E-state index contributed by atoms with van der Waals surface area (Å²) in [5.74, 6) is 0.454. The smallest absolute Gasteiger partial charge is 0.303 e. The fraction of sp³-hybridized carbons (Fsp3) is 0.538. The normalized spacial score (nSPS) is 22.8. The standard InChI is InChI=1S/C13H14ClN5O/c14-12-16-7-10-11(18-12)19(13(20)17-10)9-3-1-8(2-4-9)5-6-15/h7-9H,1-5H2,(H,17,20). The van der Waals surface area contributed by atoms with Gasteiger partial charge in [-0.05, 0) is 43.2 Å². The van der Waals surface area contributed by atoms with Crippen molar-refractivity contribution in [3.05, 3.63) is 22.0 Å². The summed E-state index contributed by atoms with van der Waals surface area (Å²) in [6.45, 7) is 0. The maximum absolute atomic E-state index is 12.1. The SMILES string of the molecule is N#CCC1CCC(n2c(=O)[nH]c3cnc(Cl)nc32)CC1. The van der Waals surface area contributed by atoms with Crippen LogP contribution in [-0.4, -0.2) is 19.5 Å². The Bertz CT molecular complexity index is 720. The average Bonchev–Trinajstić information content (AvgIpc) is 2.76. The number of aromatic amines is 1. The summed E-state index contributed by atoms with van der Waals surface area (Å²) in [7, 11) is 0. The van der Waals surface area contributed by atoms with Crippen LogP contribution in [0.15, 0.2) is 11.0 Å². The van der Waals surface area contributed by atoms with Gasteiger partial charge in [-0.25, -0.2) is 9.78 Å². The molecule has 0 saturated heterocycles. The lowest BCUT2D eigenvalue weighted by Crippen LogP contribution is -2.26. The number of aromatic nitrogens is 4. The molecular weight excluding hydrogens is 278 g/mol. The van der Waals surface area contributed by atoms with Gasteiger partial charge >= 0.3 is 5.69 Å². The minimum Gasteiger partial charge on any atom is -0.303 e. The van der Waals surface area contributed by atoms with E-state index >= 15 is 0 Å². The van der Waals surface area contributed by atoms with Crippen LogP contribution in [-0.2, 0) is 0 Å². The Kier molecular flexibility index (Phi) is 3.45. The first-order chi connectivity index (χ1) is 9.69. The molecule has 0 unspecified atom stereocenters. The van der Waals surface area contributed by atoms with Crippen molar-refractivity contribution in [3.63, 3.8) is 0 Å². The second kappa shape index (κ2) is 5.25. The predicted molar refractivity (Wildman–Crippen MR) is 74.4 cm³/mol. The molecule has 2 aromatic rings. The molecule has 1 fully saturated rings. The summed E-state index contributed by atoms with van der Waals surface area (Å²) in [6, 6.07) is 2.35. The predicted octanol–water partition coefficient (Wildman–Crippen LogP) is 2.42. The van der Waals surface area contributed by atoms with Crippen molar-refractivity contribution < 1.29 is 0 Å². The summed E-state index contributed by atoms with van der Waals surface area (Å²) >= 11 is 5.82. The van der Waals surface area contributed by atoms with Crippen LogP contribution in [0, 0.1) is 17.2 Å². The van der Waals surface area contributed by atoms with Crippen LogP contribution in [0.1, 0.15) is 38.1 Å². The molecule has 1 aliphatic rings. The van der Waals surface area contributed by atoms with Crippen molar-refractivity contribution in [2.75, 3.05) is 0 Å². The number of halogens is 1. The maximum atomic E-state index is 12.1. The van der Waals surface area contributed by atoms with Crippen LogP contribution in [0.3, 0.4) is 0 Å². The molecule has 0 bridgehead atoms. The summed E-state index contributed by atoms with van der Waals surface area (Å²) < 4.78 is 1.69. The lowest BCUT2D eigenvalue weighted by molar-refractivity contribution is 0.277. The Morgan fingerprint density at radius 1 is 1.45 bits per heavy atom. The molecule has 104 valence electrons. The highest BCUT2D eigenvalue weighted by molar-refractivity contribution is 6.28. The van der Waals surface area contributed by atoms with Gasteiger partial charge < -0.3 is 4.98 Å². The van der Waals surface area contributed by atoms with Gasteiger partial charge in [-0.15, -0.1) is 0 Å². The summed E-state index contributed by atoms with van der Waals surface area (Å²) in [6.07, 6.45) is 5.85. The number of fused-ring (bicyclic) bond motifs is 1. The molecular formula is C13H14ClN5O. The molecule has 0 amide bonds. The first-order valence-electron chi connectivity index (χ1n) is 6.68. The quantitative estimate of drug-likeness (QED) is 0.861. The van der Waals surface area contributed by atoms with Crippen LogP contribution < -0.4 is 5.69 Å². The van der Waals surface area contributed by atoms with Gasteiger partial charge in [0, 0.05) is 12.5 Å². The van der Waals surface area contributed by atoms with E-state index in [1.165, 1.54) is 6.20 Å². The molecule has 7 heteroatoms. The van der Waals surface area contributed by atoms with Gasteiger partial charge in [0.1, 0.15) is 5.52 Å². The van der Waals surface area contributed by atoms with E-state index in [9.17, 15) is 4.79 Å². The number of hydrogen-bond donors (Lipinski definition) is 1. The largest absolute Gasteiger partial charge is 0.327 e. The first-order valence-corrected chi connectivity index (χ1v) is 7.06. The van der Waals surface area contributed by atoms with E-state index in [4.69, 9.17) is 16.9 Å². The van der Waals surface area contributed by atoms with E-state index in [0.717, 1.165) is 25.7 Å². The van der Waals surface area contributed by atoms with Crippen LogP contribution in [0.5, 0.6) is 0 Å². The van der Waals surface area contributed by atoms with E-state index in [2.05, 4.69) is 21.0 Å². The molecule has 3 rings (SSSR count). The lowest BCUT2D eigenvalue weighted by atomic mass is 9.84. The Morgan fingerprint density at radius 2 is 2.20 bits per heavy atom. The molecule has 1 aliphatic carbocycles. The van der Waals surface area contributed by atoms with E-state index < -0.39 is 0 Å². The Balaban J connectivity index is 1.92. The summed E-state index contributed by atoms with van der Waals surface area (Å²) in [5, 5.41) is 8.88. The number of rotatable bonds is 2. The van der Waals surface area contributed by atoms with E-state index in [1.807, 2.05) is 0 Å². The van der Waals surface area contributed by atoms with E-state index in [1.54, 1.807) is 4.57 Å². The number of nitriles is 1. The Hall–Kier alpha value is -1.87. The monoisotopic (exact) mass is 291 g/mol. The van der Waals surface area contributed by atoms with Gasteiger partial charge in [0.25, 0.3) is 0 Å². The van der Waals surface area contributed by atoms with Crippen molar-refractivity contribution in [2.24, 2.45) is 5.92 Å². The highest BCUT2D eigenvalue weighted by Crippen LogP contribution is 2.34. The highest BCUT2D eigenvalue weighted by Gasteiger charge is 2.25. The van der Waals surface area contributed by atoms with E-state index in [-0.39, 0.29) is 17.0 Å². The number of imidazole rings is 1. The molecule has 0 spiro atoms. The minimum absolute atomic E-state index is 0.122. The average molecular weight is 292 g/mol. The molecule has 20 heavy (non-hydrogen) atoms. The van der Waals surface area contributed by atoms with Crippen molar-refractivity contribution in [1.29, 1.82) is 5.26 Å². The lowest BCUT2D eigenvalue weighted by Gasteiger charge is -2.27. The molecule has 6 nitrogen and oxygen atoms in total.